The minimum atomic E-state index is -1.35. The van der Waals surface area contributed by atoms with E-state index < -0.39 is 36.8 Å². The second kappa shape index (κ2) is 5.95. The number of halogens is 1. The number of carboxylic acids is 1. The summed E-state index contributed by atoms with van der Waals surface area (Å²) in [5.41, 5.74) is 0.261. The number of aliphatic carboxylic acids is 1. The van der Waals surface area contributed by atoms with Gasteiger partial charge in [0.15, 0.2) is 5.78 Å². The molecule has 0 aliphatic rings. The van der Waals surface area contributed by atoms with Gasteiger partial charge in [0.25, 0.3) is 5.91 Å². The fourth-order valence-electron chi connectivity index (χ4n) is 1.44. The van der Waals surface area contributed by atoms with E-state index in [1.165, 1.54) is 10.6 Å². The first-order valence-electron chi connectivity index (χ1n) is 5.18. The van der Waals surface area contributed by atoms with E-state index in [0.717, 1.165) is 0 Å². The summed E-state index contributed by atoms with van der Waals surface area (Å²) in [5.74, 6) is -2.86. The van der Waals surface area contributed by atoms with Gasteiger partial charge >= 0.3 is 5.97 Å². The summed E-state index contributed by atoms with van der Waals surface area (Å²) in [4.78, 5) is 33.5. The molecule has 0 spiro atoms. The number of hydrogen-bond donors (Lipinski definition) is 2. The minimum absolute atomic E-state index is 0.261. The molecule has 18 heavy (non-hydrogen) atoms. The van der Waals surface area contributed by atoms with Crippen molar-refractivity contribution in [3.63, 3.8) is 0 Å². The van der Waals surface area contributed by atoms with Crippen LogP contribution < -0.4 is 5.32 Å². The van der Waals surface area contributed by atoms with Crippen LogP contribution in [0.1, 0.15) is 16.9 Å². The molecule has 1 unspecified atom stereocenters. The van der Waals surface area contributed by atoms with Crippen LogP contribution in [0.5, 0.6) is 0 Å². The normalized spacial score (nSPS) is 11.9. The number of hydrogen-bond acceptors (Lipinski definition) is 3. The van der Waals surface area contributed by atoms with Gasteiger partial charge in [0.05, 0.1) is 6.42 Å². The maximum absolute atomic E-state index is 12.3. The zero-order valence-corrected chi connectivity index (χ0v) is 9.72. The number of carbonyl (C=O) groups excluding carboxylic acids is 2. The van der Waals surface area contributed by atoms with Gasteiger partial charge in [-0.15, -0.1) is 0 Å². The highest BCUT2D eigenvalue weighted by atomic mass is 19.1. The third kappa shape index (κ3) is 3.41. The SMILES string of the molecule is Cn1cccc1C(=O)NC(CC(=O)O)C(=O)CF. The summed E-state index contributed by atoms with van der Waals surface area (Å²) in [6.07, 6.45) is 0.983. The molecule has 1 amide bonds. The van der Waals surface area contributed by atoms with Crippen molar-refractivity contribution in [3.8, 4) is 0 Å². The zero-order valence-electron chi connectivity index (χ0n) is 9.72. The van der Waals surface area contributed by atoms with Gasteiger partial charge in [-0.1, -0.05) is 0 Å². The lowest BCUT2D eigenvalue weighted by Crippen LogP contribution is -2.43. The van der Waals surface area contributed by atoms with Crippen molar-refractivity contribution in [2.75, 3.05) is 6.67 Å². The Morgan fingerprint density at radius 1 is 1.50 bits per heavy atom. The van der Waals surface area contributed by atoms with E-state index in [2.05, 4.69) is 5.32 Å². The quantitative estimate of drug-likeness (QED) is 0.757. The number of carbonyl (C=O) groups is 3. The number of Topliss-reactive ketones (excluding diaryl/α,β-unsaturated/α-hetero) is 1. The highest BCUT2D eigenvalue weighted by molar-refractivity contribution is 5.98. The number of amides is 1. The largest absolute Gasteiger partial charge is 0.481 e. The summed E-state index contributed by atoms with van der Waals surface area (Å²) >= 11 is 0. The lowest BCUT2D eigenvalue weighted by molar-refractivity contribution is -0.139. The van der Waals surface area contributed by atoms with Gasteiger partial charge in [-0.05, 0) is 12.1 Å². The number of nitrogens with zero attached hydrogens (tertiary/aromatic N) is 1. The van der Waals surface area contributed by atoms with Crippen molar-refractivity contribution in [1.29, 1.82) is 0 Å². The average Bonchev–Trinajstić information content (AvgIpc) is 2.73. The monoisotopic (exact) mass is 256 g/mol. The molecule has 0 radical (unpaired) electrons. The second-order valence-electron chi connectivity index (χ2n) is 3.73. The van der Waals surface area contributed by atoms with Crippen molar-refractivity contribution in [2.45, 2.75) is 12.5 Å². The van der Waals surface area contributed by atoms with Crippen molar-refractivity contribution in [2.24, 2.45) is 7.05 Å². The van der Waals surface area contributed by atoms with Gasteiger partial charge in [-0.25, -0.2) is 4.39 Å². The molecule has 0 fully saturated rings. The first-order chi connectivity index (χ1) is 8.45. The highest BCUT2D eigenvalue weighted by Crippen LogP contribution is 2.02. The van der Waals surface area contributed by atoms with Gasteiger partial charge in [0.2, 0.25) is 0 Å². The lowest BCUT2D eigenvalue weighted by atomic mass is 10.1. The minimum Gasteiger partial charge on any atom is -0.481 e. The number of ketones is 1. The van der Waals surface area contributed by atoms with Crippen molar-refractivity contribution < 1.29 is 23.9 Å². The van der Waals surface area contributed by atoms with Crippen LogP contribution in [0.3, 0.4) is 0 Å². The summed E-state index contributed by atoms with van der Waals surface area (Å²) in [7, 11) is 1.62. The van der Waals surface area contributed by atoms with E-state index in [1.54, 1.807) is 19.3 Å². The van der Waals surface area contributed by atoms with Gasteiger partial charge in [0, 0.05) is 13.2 Å². The third-order valence-corrected chi connectivity index (χ3v) is 2.38. The van der Waals surface area contributed by atoms with Crippen LogP contribution in [-0.2, 0) is 16.6 Å². The predicted octanol–water partition coefficient (Wildman–Crippen LogP) is 0.137. The molecular weight excluding hydrogens is 243 g/mol. The van der Waals surface area contributed by atoms with Gasteiger partial charge in [0.1, 0.15) is 18.4 Å². The van der Waals surface area contributed by atoms with Gasteiger partial charge in [-0.3, -0.25) is 14.4 Å². The summed E-state index contributed by atoms with van der Waals surface area (Å²) < 4.78 is 13.8. The Morgan fingerprint density at radius 3 is 2.61 bits per heavy atom. The summed E-state index contributed by atoms with van der Waals surface area (Å²) in [6.45, 7) is -1.31. The van der Waals surface area contributed by atoms with Crippen LogP contribution in [0.4, 0.5) is 4.39 Å². The zero-order chi connectivity index (χ0) is 13.7. The predicted molar refractivity (Wildman–Crippen MR) is 59.9 cm³/mol. The van der Waals surface area contributed by atoms with Crippen molar-refractivity contribution >= 4 is 17.7 Å². The van der Waals surface area contributed by atoms with E-state index in [-0.39, 0.29) is 5.69 Å². The fraction of sp³-hybridized carbons (Fsp3) is 0.364. The van der Waals surface area contributed by atoms with E-state index in [9.17, 15) is 18.8 Å². The Kier molecular flexibility index (Phi) is 4.59. The second-order valence-corrected chi connectivity index (χ2v) is 3.73. The molecule has 1 aromatic heterocycles. The van der Waals surface area contributed by atoms with Gasteiger partial charge < -0.3 is 15.0 Å². The van der Waals surface area contributed by atoms with Crippen LogP contribution >= 0.6 is 0 Å². The molecule has 1 aromatic rings. The molecule has 1 rings (SSSR count). The van der Waals surface area contributed by atoms with Crippen molar-refractivity contribution in [3.05, 3.63) is 24.0 Å². The van der Waals surface area contributed by atoms with Crippen LogP contribution in [0.15, 0.2) is 18.3 Å². The topological polar surface area (TPSA) is 88.4 Å². The maximum atomic E-state index is 12.3. The fourth-order valence-corrected chi connectivity index (χ4v) is 1.44. The number of carboxylic acid groups (broad SMARTS) is 1. The molecule has 0 saturated carbocycles. The molecule has 7 heteroatoms. The number of rotatable bonds is 6. The maximum Gasteiger partial charge on any atom is 0.305 e. The molecule has 1 heterocycles. The highest BCUT2D eigenvalue weighted by Gasteiger charge is 2.24. The smallest absolute Gasteiger partial charge is 0.305 e. The van der Waals surface area contributed by atoms with Crippen LogP contribution in [0.2, 0.25) is 0 Å². The van der Waals surface area contributed by atoms with Crippen molar-refractivity contribution in [1.82, 2.24) is 9.88 Å². The average molecular weight is 256 g/mol. The lowest BCUT2D eigenvalue weighted by Gasteiger charge is -2.14. The molecule has 98 valence electrons. The van der Waals surface area contributed by atoms with E-state index in [0.29, 0.717) is 0 Å². The molecule has 0 aliphatic heterocycles. The molecule has 0 saturated heterocycles. The van der Waals surface area contributed by atoms with E-state index >= 15 is 0 Å². The Balaban J connectivity index is 2.77. The first-order valence-corrected chi connectivity index (χ1v) is 5.18. The standard InChI is InChI=1S/C11H13FN2O4/c1-14-4-2-3-8(14)11(18)13-7(5-10(16)17)9(15)6-12/h2-4,7H,5-6H2,1H3,(H,13,18)(H,16,17). The Hall–Kier alpha value is -2.18. The first kappa shape index (κ1) is 13.9. The van der Waals surface area contributed by atoms with Crippen LogP contribution in [-0.4, -0.2) is 40.0 Å². The van der Waals surface area contributed by atoms with Crippen LogP contribution in [0.25, 0.3) is 0 Å². The molecule has 1 atom stereocenters. The third-order valence-electron chi connectivity index (χ3n) is 2.38. The summed E-state index contributed by atoms with van der Waals surface area (Å²) in [5, 5.41) is 10.8. The Labute approximate surface area is 102 Å². The number of nitrogens with one attached hydrogen (secondary N) is 1. The molecular formula is C11H13FN2O4. The van der Waals surface area contributed by atoms with E-state index in [1.807, 2.05) is 0 Å². The van der Waals surface area contributed by atoms with E-state index in [4.69, 9.17) is 5.11 Å². The number of aryl methyl sites for hydroxylation is 1. The molecule has 6 nitrogen and oxygen atoms in total. The molecule has 0 bridgehead atoms. The Morgan fingerprint density at radius 2 is 2.17 bits per heavy atom. The Bertz CT molecular complexity index is 469. The van der Waals surface area contributed by atoms with Gasteiger partial charge in [-0.2, -0.15) is 0 Å². The number of alkyl halides is 1. The van der Waals surface area contributed by atoms with Crippen LogP contribution in [0, 0.1) is 0 Å². The molecule has 2 N–H and O–H groups in total. The summed E-state index contributed by atoms with van der Waals surface area (Å²) in [6, 6.07) is 1.78. The molecule has 0 aromatic carbocycles. The number of aromatic nitrogens is 1. The molecule has 0 aliphatic carbocycles.